The van der Waals surface area contributed by atoms with Crippen LogP contribution >= 0.6 is 0 Å². The summed E-state index contributed by atoms with van der Waals surface area (Å²) in [5.41, 5.74) is 0.897. The molecular formula is C20H22N2O4. The van der Waals surface area contributed by atoms with E-state index in [1.54, 1.807) is 0 Å². The number of ether oxygens (including phenoxy) is 2. The van der Waals surface area contributed by atoms with Crippen molar-refractivity contribution in [2.45, 2.75) is 26.5 Å². The molecule has 1 aromatic carbocycles. The summed E-state index contributed by atoms with van der Waals surface area (Å²) in [5, 5.41) is 0. The first-order valence-corrected chi connectivity index (χ1v) is 8.68. The minimum atomic E-state index is -0.0192. The molecule has 0 saturated heterocycles. The highest BCUT2D eigenvalue weighted by Gasteiger charge is 2.23. The average molecular weight is 354 g/mol. The van der Waals surface area contributed by atoms with E-state index < -0.39 is 0 Å². The van der Waals surface area contributed by atoms with Crippen LogP contribution in [0.2, 0.25) is 0 Å². The van der Waals surface area contributed by atoms with Crippen LogP contribution in [-0.2, 0) is 6.54 Å². The number of aromatic nitrogens is 1. The maximum absolute atomic E-state index is 6.02. The van der Waals surface area contributed by atoms with Gasteiger partial charge in [-0.25, -0.2) is 4.98 Å². The van der Waals surface area contributed by atoms with Gasteiger partial charge in [-0.05, 0) is 45.2 Å². The van der Waals surface area contributed by atoms with Gasteiger partial charge in [-0.1, -0.05) is 12.1 Å². The van der Waals surface area contributed by atoms with E-state index >= 15 is 0 Å². The van der Waals surface area contributed by atoms with Crippen molar-refractivity contribution in [2.75, 3.05) is 20.2 Å². The van der Waals surface area contributed by atoms with Crippen LogP contribution in [0.25, 0.3) is 11.7 Å². The number of furan rings is 1. The van der Waals surface area contributed by atoms with Crippen molar-refractivity contribution in [2.24, 2.45) is 0 Å². The molecule has 26 heavy (non-hydrogen) atoms. The van der Waals surface area contributed by atoms with Gasteiger partial charge in [0.25, 0.3) is 5.89 Å². The van der Waals surface area contributed by atoms with Crippen LogP contribution in [0.3, 0.4) is 0 Å². The van der Waals surface area contributed by atoms with Crippen LogP contribution < -0.4 is 9.47 Å². The van der Waals surface area contributed by atoms with Gasteiger partial charge in [0.05, 0.1) is 5.69 Å². The van der Waals surface area contributed by atoms with Gasteiger partial charge in [0.15, 0.2) is 17.3 Å². The molecule has 3 aromatic rings. The first-order valence-electron chi connectivity index (χ1n) is 8.68. The first kappa shape index (κ1) is 16.7. The standard InChI is InChI=1S/C20H22N2O4/c1-13-8-9-19(24-13)20-21-16(14(2)25-20)11-22(3)10-15-12-23-17-6-4-5-7-18(17)26-15/h4-9,15H,10-12H2,1-3H3/t15-/m0/s1. The number of likely N-dealkylation sites (N-methyl/N-ethyl adjacent to an activating group) is 1. The lowest BCUT2D eigenvalue weighted by Gasteiger charge is -2.29. The fourth-order valence-electron chi connectivity index (χ4n) is 3.05. The zero-order valence-electron chi connectivity index (χ0n) is 15.2. The smallest absolute Gasteiger partial charge is 0.263 e. The van der Waals surface area contributed by atoms with Gasteiger partial charge in [0, 0.05) is 13.1 Å². The number of fused-ring (bicyclic) bond motifs is 1. The van der Waals surface area contributed by atoms with Crippen molar-refractivity contribution in [1.82, 2.24) is 9.88 Å². The Hall–Kier alpha value is -2.73. The minimum Gasteiger partial charge on any atom is -0.486 e. The Morgan fingerprint density at radius 2 is 1.88 bits per heavy atom. The van der Waals surface area contributed by atoms with Gasteiger partial charge in [-0.15, -0.1) is 0 Å². The van der Waals surface area contributed by atoms with E-state index in [1.165, 1.54) is 0 Å². The molecule has 0 radical (unpaired) electrons. The van der Waals surface area contributed by atoms with E-state index in [9.17, 15) is 0 Å². The van der Waals surface area contributed by atoms with E-state index in [1.807, 2.05) is 57.3 Å². The van der Waals surface area contributed by atoms with Crippen molar-refractivity contribution in [3.05, 3.63) is 53.6 Å². The summed E-state index contributed by atoms with van der Waals surface area (Å²) in [6.07, 6.45) is -0.0192. The van der Waals surface area contributed by atoms with Crippen LogP contribution in [0.1, 0.15) is 17.2 Å². The molecule has 0 unspecified atom stereocenters. The van der Waals surface area contributed by atoms with E-state index in [4.69, 9.17) is 18.3 Å². The second-order valence-corrected chi connectivity index (χ2v) is 6.63. The first-order chi connectivity index (χ1) is 12.6. The zero-order chi connectivity index (χ0) is 18.1. The van der Waals surface area contributed by atoms with Crippen molar-refractivity contribution in [3.63, 3.8) is 0 Å². The Morgan fingerprint density at radius 1 is 1.08 bits per heavy atom. The quantitative estimate of drug-likeness (QED) is 0.694. The third-order valence-corrected chi connectivity index (χ3v) is 4.35. The van der Waals surface area contributed by atoms with E-state index in [-0.39, 0.29) is 6.10 Å². The highest BCUT2D eigenvalue weighted by atomic mass is 16.6. The zero-order valence-corrected chi connectivity index (χ0v) is 15.2. The predicted molar refractivity (Wildman–Crippen MR) is 96.4 cm³/mol. The molecule has 6 heteroatoms. The number of benzene rings is 1. The maximum atomic E-state index is 6.02. The summed E-state index contributed by atoms with van der Waals surface area (Å²) in [6, 6.07) is 11.5. The molecule has 0 fully saturated rings. The third kappa shape index (κ3) is 3.46. The molecule has 0 amide bonds. The summed E-state index contributed by atoms with van der Waals surface area (Å²) in [5.74, 6) is 4.41. The number of oxazole rings is 1. The Balaban J connectivity index is 1.39. The van der Waals surface area contributed by atoms with E-state index in [2.05, 4.69) is 9.88 Å². The van der Waals surface area contributed by atoms with Gasteiger partial charge in [0.1, 0.15) is 24.2 Å². The molecule has 0 aliphatic carbocycles. The molecule has 1 aliphatic rings. The molecule has 4 rings (SSSR count). The Bertz CT molecular complexity index is 899. The van der Waals surface area contributed by atoms with E-state index in [0.29, 0.717) is 24.8 Å². The Morgan fingerprint density at radius 3 is 2.65 bits per heavy atom. The Kier molecular flexibility index (Phi) is 4.42. The van der Waals surface area contributed by atoms with Gasteiger partial charge >= 0.3 is 0 Å². The molecule has 0 saturated carbocycles. The number of rotatable bonds is 5. The van der Waals surface area contributed by atoms with E-state index in [0.717, 1.165) is 35.3 Å². The van der Waals surface area contributed by atoms with Crippen LogP contribution in [0, 0.1) is 13.8 Å². The topological polar surface area (TPSA) is 60.9 Å². The highest BCUT2D eigenvalue weighted by Crippen LogP contribution is 2.31. The number of hydrogen-bond acceptors (Lipinski definition) is 6. The third-order valence-electron chi connectivity index (χ3n) is 4.35. The molecular weight excluding hydrogens is 332 g/mol. The van der Waals surface area contributed by atoms with Gasteiger partial charge < -0.3 is 18.3 Å². The molecule has 1 aliphatic heterocycles. The normalized spacial score (nSPS) is 16.2. The fourth-order valence-corrected chi connectivity index (χ4v) is 3.05. The van der Waals surface area contributed by atoms with Crippen LogP contribution in [0.15, 0.2) is 45.2 Å². The molecule has 0 bridgehead atoms. The SMILES string of the molecule is Cc1ccc(-c2nc(CN(C)C[C@H]3COc4ccccc4O3)c(C)o2)o1. The lowest BCUT2D eigenvalue weighted by Crippen LogP contribution is -2.39. The number of nitrogens with zero attached hydrogens (tertiary/aromatic N) is 2. The fraction of sp³-hybridized carbons (Fsp3) is 0.350. The molecule has 136 valence electrons. The van der Waals surface area contributed by atoms with Gasteiger partial charge in [0.2, 0.25) is 0 Å². The summed E-state index contributed by atoms with van der Waals surface area (Å²) in [7, 11) is 2.04. The van der Waals surface area contributed by atoms with Crippen LogP contribution in [0.5, 0.6) is 11.5 Å². The average Bonchev–Trinajstić information content (AvgIpc) is 3.21. The van der Waals surface area contributed by atoms with Gasteiger partial charge in [-0.3, -0.25) is 4.90 Å². The second-order valence-electron chi connectivity index (χ2n) is 6.63. The van der Waals surface area contributed by atoms with Crippen LogP contribution in [-0.4, -0.2) is 36.2 Å². The number of para-hydroxylation sites is 2. The predicted octanol–water partition coefficient (Wildman–Crippen LogP) is 3.82. The van der Waals surface area contributed by atoms with Crippen molar-refractivity contribution in [3.8, 4) is 23.1 Å². The van der Waals surface area contributed by atoms with Crippen LogP contribution in [0.4, 0.5) is 0 Å². The monoisotopic (exact) mass is 354 g/mol. The lowest BCUT2D eigenvalue weighted by molar-refractivity contribution is 0.0634. The van der Waals surface area contributed by atoms with Gasteiger partial charge in [-0.2, -0.15) is 0 Å². The summed E-state index contributed by atoms with van der Waals surface area (Å²) in [4.78, 5) is 6.74. The van der Waals surface area contributed by atoms with Crippen molar-refractivity contribution in [1.29, 1.82) is 0 Å². The lowest BCUT2D eigenvalue weighted by atomic mass is 10.2. The molecule has 6 nitrogen and oxygen atoms in total. The molecule has 1 atom stereocenters. The van der Waals surface area contributed by atoms with Crippen molar-refractivity contribution >= 4 is 0 Å². The molecule has 3 heterocycles. The summed E-state index contributed by atoms with van der Waals surface area (Å²) in [6.45, 7) is 5.76. The Labute approximate surface area is 152 Å². The second kappa shape index (κ2) is 6.88. The summed E-state index contributed by atoms with van der Waals surface area (Å²) >= 11 is 0. The molecule has 2 aromatic heterocycles. The molecule has 0 N–H and O–H groups in total. The summed E-state index contributed by atoms with van der Waals surface area (Å²) < 4.78 is 23.2. The van der Waals surface area contributed by atoms with Crippen molar-refractivity contribution < 1.29 is 18.3 Å². The highest BCUT2D eigenvalue weighted by molar-refractivity contribution is 5.45. The number of aryl methyl sites for hydroxylation is 2. The largest absolute Gasteiger partial charge is 0.486 e. The number of hydrogen-bond donors (Lipinski definition) is 0. The minimum absolute atomic E-state index is 0.0192. The maximum Gasteiger partial charge on any atom is 0.263 e. The molecule has 0 spiro atoms.